The van der Waals surface area contributed by atoms with Crippen molar-refractivity contribution in [3.63, 3.8) is 0 Å². The molecule has 11 nitrogen and oxygen atoms in total. The fourth-order valence-electron chi connectivity index (χ4n) is 2.05. The second-order valence-corrected chi connectivity index (χ2v) is 4.13. The average Bonchev–Trinajstić information content (AvgIpc) is 2.86. The number of non-ortho nitro benzene ring substituents is 1. The maximum atomic E-state index is 11.8. The number of carbonyl (C=O) groups excluding carboxylic acids is 3. The van der Waals surface area contributed by atoms with Crippen molar-refractivity contribution < 1.29 is 23.9 Å². The van der Waals surface area contributed by atoms with E-state index in [-0.39, 0.29) is 51.8 Å². The third kappa shape index (κ3) is 2.45. The van der Waals surface area contributed by atoms with Crippen LogP contribution >= 0.6 is 0 Å². The van der Waals surface area contributed by atoms with Crippen LogP contribution in [0, 0.1) is 10.1 Å². The van der Waals surface area contributed by atoms with Crippen molar-refractivity contribution in [1.29, 1.82) is 0 Å². The Morgan fingerprint density at radius 2 is 1.68 bits per heavy atom. The molecule has 1 saturated heterocycles. The molecule has 2 heterocycles. The van der Waals surface area contributed by atoms with E-state index in [1.807, 2.05) is 10.6 Å². The van der Waals surface area contributed by atoms with Crippen molar-refractivity contribution in [2.24, 2.45) is 0 Å². The Labute approximate surface area is 142 Å². The van der Waals surface area contributed by atoms with E-state index in [0.717, 1.165) is 6.07 Å². The molecule has 2 aromatic rings. The van der Waals surface area contributed by atoms with Gasteiger partial charge in [0.15, 0.2) is 0 Å². The Morgan fingerprint density at radius 1 is 1.09 bits per heavy atom. The van der Waals surface area contributed by atoms with E-state index in [9.17, 15) is 24.5 Å². The first kappa shape index (κ1) is 16.0. The van der Waals surface area contributed by atoms with Gasteiger partial charge in [0.25, 0.3) is 0 Å². The van der Waals surface area contributed by atoms with Crippen LogP contribution in [0.5, 0.6) is 0 Å². The molecule has 22 heavy (non-hydrogen) atoms. The number of nitro benzene ring substituents is 1. The van der Waals surface area contributed by atoms with Crippen LogP contribution in [0.15, 0.2) is 16.8 Å². The Balaban J connectivity index is 0.00000176. The van der Waals surface area contributed by atoms with Gasteiger partial charge in [-0.3, -0.25) is 30.3 Å². The van der Waals surface area contributed by atoms with Gasteiger partial charge in [-0.2, -0.15) is 0 Å². The summed E-state index contributed by atoms with van der Waals surface area (Å²) in [7, 11) is 0. The van der Waals surface area contributed by atoms with E-state index in [2.05, 4.69) is 14.9 Å². The third-order valence-corrected chi connectivity index (χ3v) is 2.93. The van der Waals surface area contributed by atoms with E-state index in [1.165, 1.54) is 6.07 Å². The Morgan fingerprint density at radius 3 is 2.27 bits per heavy atom. The van der Waals surface area contributed by atoms with Crippen molar-refractivity contribution in [1.82, 2.24) is 20.9 Å². The number of nitrogens with zero attached hydrogens (tertiary/aromatic N) is 3. The molecule has 1 aromatic heterocycles. The molecule has 1 aliphatic rings. The number of hydrogen-bond donors (Lipinski definition) is 2. The van der Waals surface area contributed by atoms with Crippen LogP contribution in [0.1, 0.15) is 11.5 Å². The minimum Gasteiger partial charge on any atom is -0.277 e. The molecule has 1 fully saturated rings. The predicted molar refractivity (Wildman–Crippen MR) is 68.6 cm³/mol. The van der Waals surface area contributed by atoms with Crippen LogP contribution in [-0.4, -0.2) is 62.6 Å². The number of fused-ring (bicyclic) bond motifs is 1. The zero-order chi connectivity index (χ0) is 15.1. The first-order valence-electron chi connectivity index (χ1n) is 5.54. The molecule has 0 spiro atoms. The summed E-state index contributed by atoms with van der Waals surface area (Å²) in [5, 5.41) is 21.6. The summed E-state index contributed by atoms with van der Waals surface area (Å²) in [6.45, 7) is 0. The summed E-state index contributed by atoms with van der Waals surface area (Å²) in [5.41, 5.74) is -0.592. The van der Waals surface area contributed by atoms with Gasteiger partial charge in [-0.05, 0) is 16.4 Å². The quantitative estimate of drug-likeness (QED) is 0.315. The predicted octanol–water partition coefficient (Wildman–Crippen LogP) is -0.800. The zero-order valence-electron chi connectivity index (χ0n) is 11.0. The topological polar surface area (TPSA) is 157 Å². The van der Waals surface area contributed by atoms with Crippen LogP contribution in [0.4, 0.5) is 10.5 Å². The maximum Gasteiger partial charge on any atom is 0.328 e. The van der Waals surface area contributed by atoms with Gasteiger partial charge in [0, 0.05) is 41.2 Å². The molecule has 0 bridgehead atoms. The van der Waals surface area contributed by atoms with Gasteiger partial charge in [-0.25, -0.2) is 9.42 Å². The van der Waals surface area contributed by atoms with E-state index >= 15 is 0 Å². The van der Waals surface area contributed by atoms with Crippen LogP contribution in [0.25, 0.3) is 11.0 Å². The van der Waals surface area contributed by atoms with Crippen molar-refractivity contribution in [2.75, 3.05) is 0 Å². The fraction of sp³-hybridized carbons (Fsp3) is 0.100. The summed E-state index contributed by atoms with van der Waals surface area (Å²) in [5.74, 6) is -3.10. The molecule has 0 unspecified atom stereocenters. The van der Waals surface area contributed by atoms with Crippen LogP contribution < -0.4 is 10.6 Å². The van der Waals surface area contributed by atoms with Gasteiger partial charge < -0.3 is 0 Å². The first-order valence-corrected chi connectivity index (χ1v) is 5.54. The molecule has 12 heteroatoms. The van der Waals surface area contributed by atoms with Gasteiger partial charge in [0.05, 0.1) is 4.92 Å². The molecule has 2 N–H and O–H groups in total. The number of nitrogens with one attached hydrogen (secondary N) is 2. The van der Waals surface area contributed by atoms with E-state index in [0.29, 0.717) is 0 Å². The molecular formula is C10H5N5NaO6. The second kappa shape index (κ2) is 5.79. The number of rotatable bonds is 2. The van der Waals surface area contributed by atoms with Crippen LogP contribution in [0.2, 0.25) is 0 Å². The fourth-order valence-corrected chi connectivity index (χ4v) is 2.05. The summed E-state index contributed by atoms with van der Waals surface area (Å²) in [4.78, 5) is 44.8. The van der Waals surface area contributed by atoms with E-state index in [4.69, 9.17) is 0 Å². The summed E-state index contributed by atoms with van der Waals surface area (Å²) in [6, 6.07) is 1.35. The minimum atomic E-state index is -1.38. The van der Waals surface area contributed by atoms with Gasteiger partial charge in [0.2, 0.25) is 17.3 Å². The van der Waals surface area contributed by atoms with Gasteiger partial charge in [-0.1, -0.05) is 0 Å². The number of nitro groups is 1. The minimum absolute atomic E-state index is 0. The molecule has 3 rings (SSSR count). The third-order valence-electron chi connectivity index (χ3n) is 2.93. The van der Waals surface area contributed by atoms with Crippen molar-refractivity contribution >= 4 is 64.1 Å². The number of imide groups is 2. The van der Waals surface area contributed by atoms with E-state index < -0.39 is 28.7 Å². The number of aromatic nitrogens is 2. The number of hydrogen-bond acceptors (Lipinski definition) is 8. The van der Waals surface area contributed by atoms with Crippen molar-refractivity contribution in [2.45, 2.75) is 5.92 Å². The Bertz CT molecular complexity index is 797. The molecule has 1 aliphatic heterocycles. The smallest absolute Gasteiger partial charge is 0.277 e. The summed E-state index contributed by atoms with van der Waals surface area (Å²) in [6.07, 6.45) is 0. The normalized spacial score (nSPS) is 15.2. The SMILES string of the molecule is O=C1NC(=O)C(c2ccc([N+](=O)[O-])c3nonc23)C(=O)N1.[Na]. The van der Waals surface area contributed by atoms with Crippen molar-refractivity contribution in [3.05, 3.63) is 27.8 Å². The second-order valence-electron chi connectivity index (χ2n) is 4.13. The zero-order valence-corrected chi connectivity index (χ0v) is 13.0. The molecule has 1 radical (unpaired) electrons. The molecule has 1 aromatic carbocycles. The van der Waals surface area contributed by atoms with Gasteiger partial charge in [-0.15, -0.1) is 0 Å². The standard InChI is InChI=1S/C10H5N5O6.Na/c16-8-5(9(17)12-10(18)11-8)3-1-2-4(15(19)20)7-6(3)13-21-14-7;/h1-2,5H,(H2,11,12,16,17,18);. The number of urea groups is 1. The number of carbonyl (C=O) groups is 3. The van der Waals surface area contributed by atoms with Gasteiger partial charge >= 0.3 is 11.7 Å². The number of barbiturate groups is 1. The summed E-state index contributed by atoms with van der Waals surface area (Å²) < 4.78 is 4.44. The maximum absolute atomic E-state index is 11.8. The average molecular weight is 314 g/mol. The monoisotopic (exact) mass is 314 g/mol. The molecule has 0 atom stereocenters. The molecular weight excluding hydrogens is 309 g/mol. The molecule has 0 saturated carbocycles. The van der Waals surface area contributed by atoms with Gasteiger partial charge in [0.1, 0.15) is 11.4 Å². The van der Waals surface area contributed by atoms with E-state index in [1.54, 1.807) is 0 Å². The Hall–Kier alpha value is -2.37. The van der Waals surface area contributed by atoms with Crippen LogP contribution in [-0.2, 0) is 9.59 Å². The summed E-state index contributed by atoms with van der Waals surface area (Å²) >= 11 is 0. The first-order chi connectivity index (χ1) is 9.99. The number of benzene rings is 1. The van der Waals surface area contributed by atoms with Crippen LogP contribution in [0.3, 0.4) is 0 Å². The number of amides is 4. The largest absolute Gasteiger partial charge is 0.328 e. The molecule has 4 amide bonds. The molecule has 0 aliphatic carbocycles. The Kier molecular flexibility index (Phi) is 4.21. The molecule has 107 valence electrons. The van der Waals surface area contributed by atoms with Crippen molar-refractivity contribution in [3.8, 4) is 0 Å².